The van der Waals surface area contributed by atoms with Crippen LogP contribution < -0.4 is 0 Å². The van der Waals surface area contributed by atoms with Crippen molar-refractivity contribution in [2.75, 3.05) is 26.2 Å². The third kappa shape index (κ3) is 3.06. The van der Waals surface area contributed by atoms with E-state index >= 15 is 0 Å². The van der Waals surface area contributed by atoms with Crippen LogP contribution in [0, 0.1) is 5.92 Å². The Hall–Kier alpha value is -1.30. The smallest absolute Gasteiger partial charge is 0.326 e. The zero-order valence-electron chi connectivity index (χ0n) is 12.2. The lowest BCUT2D eigenvalue weighted by Gasteiger charge is -2.36. The zero-order chi connectivity index (χ0) is 14.7. The van der Waals surface area contributed by atoms with Crippen LogP contribution in [0.15, 0.2) is 0 Å². The molecule has 2 rings (SSSR count). The van der Waals surface area contributed by atoms with Crippen molar-refractivity contribution in [1.29, 1.82) is 0 Å². The molecule has 114 valence electrons. The van der Waals surface area contributed by atoms with Gasteiger partial charge >= 0.3 is 12.0 Å². The maximum atomic E-state index is 12.5. The molecule has 0 aliphatic carbocycles. The third-order valence-corrected chi connectivity index (χ3v) is 4.25. The van der Waals surface area contributed by atoms with Crippen molar-refractivity contribution in [2.24, 2.45) is 5.92 Å². The normalized spacial score (nSPS) is 30.6. The first kappa shape index (κ1) is 15.1. The molecule has 0 aromatic heterocycles. The molecule has 6 nitrogen and oxygen atoms in total. The highest BCUT2D eigenvalue weighted by atomic mass is 16.5. The molecular weight excluding hydrogens is 260 g/mol. The molecular formula is C14H24N2O4. The van der Waals surface area contributed by atoms with Gasteiger partial charge in [0, 0.05) is 26.2 Å². The third-order valence-electron chi connectivity index (χ3n) is 4.25. The molecule has 2 fully saturated rings. The summed E-state index contributed by atoms with van der Waals surface area (Å²) in [5.41, 5.74) is 0. The monoisotopic (exact) mass is 284 g/mol. The number of ether oxygens (including phenoxy) is 1. The summed E-state index contributed by atoms with van der Waals surface area (Å²) in [6.07, 6.45) is 2.72. The van der Waals surface area contributed by atoms with E-state index in [9.17, 15) is 14.7 Å². The van der Waals surface area contributed by atoms with E-state index < -0.39 is 12.0 Å². The molecule has 3 unspecified atom stereocenters. The van der Waals surface area contributed by atoms with E-state index in [1.165, 1.54) is 4.90 Å². The van der Waals surface area contributed by atoms with Crippen LogP contribution in [0.5, 0.6) is 0 Å². The van der Waals surface area contributed by atoms with Crippen LogP contribution in [0.3, 0.4) is 0 Å². The van der Waals surface area contributed by atoms with Gasteiger partial charge in [-0.1, -0.05) is 6.92 Å². The van der Waals surface area contributed by atoms with Crippen LogP contribution in [0.1, 0.15) is 33.1 Å². The Morgan fingerprint density at radius 1 is 1.30 bits per heavy atom. The van der Waals surface area contributed by atoms with Gasteiger partial charge < -0.3 is 19.6 Å². The minimum absolute atomic E-state index is 0.0175. The topological polar surface area (TPSA) is 70.1 Å². The number of carbonyl (C=O) groups excluding carboxylic acids is 1. The summed E-state index contributed by atoms with van der Waals surface area (Å²) in [4.78, 5) is 27.1. The van der Waals surface area contributed by atoms with Crippen LogP contribution in [0.2, 0.25) is 0 Å². The molecule has 2 saturated heterocycles. The number of carboxylic acids is 1. The second-order valence-corrected chi connectivity index (χ2v) is 5.69. The van der Waals surface area contributed by atoms with Crippen LogP contribution in [-0.4, -0.2) is 65.3 Å². The number of likely N-dealkylation sites (tertiary alicyclic amines) is 2. The molecule has 2 heterocycles. The largest absolute Gasteiger partial charge is 0.480 e. The maximum absolute atomic E-state index is 12.5. The van der Waals surface area contributed by atoms with Crippen LogP contribution in [-0.2, 0) is 9.53 Å². The minimum Gasteiger partial charge on any atom is -0.480 e. The zero-order valence-corrected chi connectivity index (χ0v) is 12.2. The van der Waals surface area contributed by atoms with E-state index in [4.69, 9.17) is 4.74 Å². The van der Waals surface area contributed by atoms with Gasteiger partial charge in [-0.05, 0) is 32.1 Å². The van der Waals surface area contributed by atoms with E-state index in [-0.39, 0.29) is 18.1 Å². The number of aliphatic carboxylic acids is 1. The Morgan fingerprint density at radius 2 is 2.05 bits per heavy atom. The molecule has 2 aliphatic heterocycles. The first-order chi connectivity index (χ1) is 9.54. The molecule has 0 aromatic carbocycles. The summed E-state index contributed by atoms with van der Waals surface area (Å²) in [5.74, 6) is -0.884. The molecule has 0 spiro atoms. The van der Waals surface area contributed by atoms with Crippen molar-refractivity contribution in [2.45, 2.75) is 45.3 Å². The fourth-order valence-corrected chi connectivity index (χ4v) is 3.20. The summed E-state index contributed by atoms with van der Waals surface area (Å²) < 4.78 is 5.59. The summed E-state index contributed by atoms with van der Waals surface area (Å²) >= 11 is 0. The van der Waals surface area contributed by atoms with Crippen molar-refractivity contribution in [3.05, 3.63) is 0 Å². The standard InChI is InChI=1S/C14H24N2O4/c1-3-20-11-5-4-7-15(9-11)14(19)16-8-6-10(2)12(16)13(17)18/h10-12H,3-9H2,1-2H3,(H,17,18). The minimum atomic E-state index is -0.901. The van der Waals surface area contributed by atoms with Crippen molar-refractivity contribution < 1.29 is 19.4 Å². The molecule has 1 N–H and O–H groups in total. The second-order valence-electron chi connectivity index (χ2n) is 5.69. The average Bonchev–Trinajstić information content (AvgIpc) is 2.80. The van der Waals surface area contributed by atoms with Gasteiger partial charge in [0.2, 0.25) is 0 Å². The van der Waals surface area contributed by atoms with Gasteiger partial charge in [0.1, 0.15) is 6.04 Å². The van der Waals surface area contributed by atoms with E-state index in [1.54, 1.807) is 4.90 Å². The number of rotatable bonds is 3. The van der Waals surface area contributed by atoms with Gasteiger partial charge in [-0.15, -0.1) is 0 Å². The Labute approximate surface area is 119 Å². The molecule has 0 saturated carbocycles. The quantitative estimate of drug-likeness (QED) is 0.850. The van der Waals surface area contributed by atoms with Gasteiger partial charge in [-0.3, -0.25) is 0 Å². The van der Waals surface area contributed by atoms with E-state index in [1.807, 2.05) is 13.8 Å². The van der Waals surface area contributed by atoms with E-state index in [0.717, 1.165) is 19.3 Å². The fraction of sp³-hybridized carbons (Fsp3) is 0.857. The second kappa shape index (κ2) is 6.43. The number of piperidine rings is 1. The van der Waals surface area contributed by atoms with Crippen molar-refractivity contribution >= 4 is 12.0 Å². The predicted molar refractivity (Wildman–Crippen MR) is 73.5 cm³/mol. The summed E-state index contributed by atoms with van der Waals surface area (Å²) in [5, 5.41) is 9.30. The predicted octanol–water partition coefficient (Wildman–Crippen LogP) is 1.40. The summed E-state index contributed by atoms with van der Waals surface area (Å²) in [6.45, 7) is 6.29. The van der Waals surface area contributed by atoms with Crippen molar-refractivity contribution in [3.63, 3.8) is 0 Å². The lowest BCUT2D eigenvalue weighted by molar-refractivity contribution is -0.142. The van der Waals surface area contributed by atoms with Crippen molar-refractivity contribution in [1.82, 2.24) is 9.80 Å². The van der Waals surface area contributed by atoms with E-state index in [2.05, 4.69) is 0 Å². The number of carbonyl (C=O) groups is 2. The van der Waals surface area contributed by atoms with Gasteiger partial charge in [-0.2, -0.15) is 0 Å². The van der Waals surface area contributed by atoms with Crippen LogP contribution in [0.25, 0.3) is 0 Å². The van der Waals surface area contributed by atoms with Gasteiger partial charge in [0.25, 0.3) is 0 Å². The SMILES string of the molecule is CCOC1CCCN(C(=O)N2CCC(C)C2C(=O)O)C1. The first-order valence-corrected chi connectivity index (χ1v) is 7.44. The number of nitrogens with zero attached hydrogens (tertiary/aromatic N) is 2. The molecule has 6 heteroatoms. The first-order valence-electron chi connectivity index (χ1n) is 7.44. The highest BCUT2D eigenvalue weighted by molar-refractivity contribution is 5.83. The highest BCUT2D eigenvalue weighted by Crippen LogP contribution is 2.26. The van der Waals surface area contributed by atoms with Crippen LogP contribution in [0.4, 0.5) is 4.79 Å². The average molecular weight is 284 g/mol. The Balaban J connectivity index is 2.01. The number of hydrogen-bond donors (Lipinski definition) is 1. The number of amides is 2. The van der Waals surface area contributed by atoms with Gasteiger partial charge in [0.15, 0.2) is 0 Å². The van der Waals surface area contributed by atoms with Crippen molar-refractivity contribution in [3.8, 4) is 0 Å². The number of carboxylic acid groups (broad SMARTS) is 1. The molecule has 2 amide bonds. The van der Waals surface area contributed by atoms with Gasteiger partial charge in [0.05, 0.1) is 6.10 Å². The molecule has 2 aliphatic rings. The summed E-state index contributed by atoms with van der Waals surface area (Å²) in [7, 11) is 0. The lowest BCUT2D eigenvalue weighted by Crippen LogP contribution is -2.53. The highest BCUT2D eigenvalue weighted by Gasteiger charge is 2.41. The van der Waals surface area contributed by atoms with Crippen LogP contribution >= 0.6 is 0 Å². The molecule has 0 aromatic rings. The molecule has 0 bridgehead atoms. The molecule has 20 heavy (non-hydrogen) atoms. The maximum Gasteiger partial charge on any atom is 0.326 e. The van der Waals surface area contributed by atoms with E-state index in [0.29, 0.717) is 26.2 Å². The summed E-state index contributed by atoms with van der Waals surface area (Å²) in [6, 6.07) is -0.832. The molecule has 0 radical (unpaired) electrons. The molecule has 3 atom stereocenters. The van der Waals surface area contributed by atoms with Gasteiger partial charge in [-0.25, -0.2) is 9.59 Å². The number of urea groups is 1. The number of hydrogen-bond acceptors (Lipinski definition) is 3. The fourth-order valence-electron chi connectivity index (χ4n) is 3.20. The Bertz CT molecular complexity index is 372. The Kier molecular flexibility index (Phi) is 4.86. The Morgan fingerprint density at radius 3 is 2.70 bits per heavy atom. The lowest BCUT2D eigenvalue weighted by atomic mass is 10.0.